The molecule has 1 aliphatic rings. The Hall–Kier alpha value is -2.18. The van der Waals surface area contributed by atoms with Crippen molar-refractivity contribution in [2.24, 2.45) is 0 Å². The summed E-state index contributed by atoms with van der Waals surface area (Å²) in [4.78, 5) is 24.7. The summed E-state index contributed by atoms with van der Waals surface area (Å²) in [5, 5.41) is 9.14. The lowest BCUT2D eigenvalue weighted by molar-refractivity contribution is -0.152. The maximum atomic E-state index is 13.4. The minimum absolute atomic E-state index is 0.0692. The normalized spacial score (nSPS) is 17.8. The van der Waals surface area contributed by atoms with Gasteiger partial charge in [0.25, 0.3) is 0 Å². The molecule has 1 aliphatic heterocycles. The molecule has 1 saturated heterocycles. The van der Waals surface area contributed by atoms with Crippen LogP contribution in [0.4, 0.5) is 8.78 Å². The summed E-state index contributed by atoms with van der Waals surface area (Å²) in [6, 6.07) is 2.25. The van der Waals surface area contributed by atoms with Gasteiger partial charge in [-0.1, -0.05) is 0 Å². The number of benzene rings is 1. The highest BCUT2D eigenvalue weighted by molar-refractivity contribution is 5.83. The largest absolute Gasteiger partial charge is 0.491 e. The van der Waals surface area contributed by atoms with Crippen molar-refractivity contribution in [2.75, 3.05) is 13.2 Å². The maximum Gasteiger partial charge on any atom is 0.326 e. The zero-order valence-corrected chi connectivity index (χ0v) is 12.6. The summed E-state index contributed by atoms with van der Waals surface area (Å²) in [7, 11) is 0. The minimum Gasteiger partial charge on any atom is -0.491 e. The Bertz CT molecular complexity index is 579. The third kappa shape index (κ3) is 4.64. The van der Waals surface area contributed by atoms with Gasteiger partial charge in [0.1, 0.15) is 11.9 Å². The zero-order chi connectivity index (χ0) is 16.8. The number of rotatable bonds is 6. The van der Waals surface area contributed by atoms with E-state index in [-0.39, 0.29) is 24.7 Å². The lowest BCUT2D eigenvalue weighted by Crippen LogP contribution is -2.47. The van der Waals surface area contributed by atoms with Crippen LogP contribution in [-0.2, 0) is 9.59 Å². The van der Waals surface area contributed by atoms with Crippen LogP contribution in [0.25, 0.3) is 0 Å². The number of hydrogen-bond acceptors (Lipinski definition) is 3. The van der Waals surface area contributed by atoms with Crippen LogP contribution >= 0.6 is 0 Å². The fourth-order valence-corrected chi connectivity index (χ4v) is 2.63. The second-order valence-electron chi connectivity index (χ2n) is 5.46. The van der Waals surface area contributed by atoms with Crippen molar-refractivity contribution in [2.45, 2.75) is 38.1 Å². The monoisotopic (exact) mass is 327 g/mol. The summed E-state index contributed by atoms with van der Waals surface area (Å²) < 4.78 is 31.3. The molecule has 1 amide bonds. The molecule has 1 unspecified atom stereocenters. The van der Waals surface area contributed by atoms with Crippen molar-refractivity contribution in [1.82, 2.24) is 4.90 Å². The number of carbonyl (C=O) groups is 2. The number of hydrogen-bond donors (Lipinski definition) is 1. The van der Waals surface area contributed by atoms with E-state index < -0.39 is 23.6 Å². The molecule has 0 spiro atoms. The van der Waals surface area contributed by atoms with Gasteiger partial charge in [-0.3, -0.25) is 4.79 Å². The number of carboxylic acid groups (broad SMARTS) is 1. The number of amides is 1. The summed E-state index contributed by atoms with van der Waals surface area (Å²) in [5.74, 6) is -2.77. The van der Waals surface area contributed by atoms with Crippen LogP contribution in [0, 0.1) is 11.6 Å². The summed E-state index contributed by atoms with van der Waals surface area (Å²) >= 11 is 0. The molecule has 1 heterocycles. The predicted molar refractivity (Wildman–Crippen MR) is 78.1 cm³/mol. The van der Waals surface area contributed by atoms with Crippen molar-refractivity contribution < 1.29 is 28.2 Å². The molecule has 7 heteroatoms. The van der Waals surface area contributed by atoms with Crippen molar-refractivity contribution in [3.8, 4) is 5.75 Å². The number of nitrogens with zero attached hydrogens (tertiary/aromatic N) is 1. The van der Waals surface area contributed by atoms with Gasteiger partial charge in [-0.25, -0.2) is 13.6 Å². The van der Waals surface area contributed by atoms with E-state index in [0.29, 0.717) is 19.4 Å². The van der Waals surface area contributed by atoms with E-state index >= 15 is 0 Å². The highest BCUT2D eigenvalue weighted by atomic mass is 19.1. The molecule has 0 saturated carbocycles. The Labute approximate surface area is 132 Å². The van der Waals surface area contributed by atoms with Gasteiger partial charge in [0.2, 0.25) is 5.91 Å². The first-order valence-corrected chi connectivity index (χ1v) is 7.59. The summed E-state index contributed by atoms with van der Waals surface area (Å²) in [5.41, 5.74) is 0. The lowest BCUT2D eigenvalue weighted by atomic mass is 10.0. The smallest absolute Gasteiger partial charge is 0.326 e. The fourth-order valence-electron chi connectivity index (χ4n) is 2.63. The Kier molecular flexibility index (Phi) is 5.90. The van der Waals surface area contributed by atoms with Crippen molar-refractivity contribution in [3.63, 3.8) is 0 Å². The molecule has 1 N–H and O–H groups in total. The van der Waals surface area contributed by atoms with Gasteiger partial charge in [-0.2, -0.15) is 0 Å². The Morgan fingerprint density at radius 2 is 2.09 bits per heavy atom. The molecular weight excluding hydrogens is 308 g/mol. The molecule has 1 fully saturated rings. The molecule has 1 aromatic carbocycles. The van der Waals surface area contributed by atoms with Crippen LogP contribution in [-0.4, -0.2) is 41.1 Å². The number of carboxylic acids is 1. The average molecular weight is 327 g/mol. The van der Waals surface area contributed by atoms with E-state index in [1.165, 1.54) is 11.0 Å². The van der Waals surface area contributed by atoms with E-state index in [2.05, 4.69) is 0 Å². The van der Waals surface area contributed by atoms with Crippen LogP contribution in [0.15, 0.2) is 18.2 Å². The summed E-state index contributed by atoms with van der Waals surface area (Å²) in [6.45, 7) is 0.545. The van der Waals surface area contributed by atoms with Crippen LogP contribution < -0.4 is 4.74 Å². The van der Waals surface area contributed by atoms with Gasteiger partial charge >= 0.3 is 5.97 Å². The highest BCUT2D eigenvalue weighted by Gasteiger charge is 2.31. The number of halogens is 2. The molecule has 5 nitrogen and oxygen atoms in total. The van der Waals surface area contributed by atoms with E-state index in [1.54, 1.807) is 0 Å². The molecule has 126 valence electrons. The van der Waals surface area contributed by atoms with Crippen molar-refractivity contribution >= 4 is 11.9 Å². The van der Waals surface area contributed by atoms with Gasteiger partial charge in [0, 0.05) is 19.0 Å². The fraction of sp³-hybridized carbons (Fsp3) is 0.500. The van der Waals surface area contributed by atoms with Crippen LogP contribution in [0.1, 0.15) is 32.1 Å². The maximum absolute atomic E-state index is 13.4. The first-order valence-electron chi connectivity index (χ1n) is 7.59. The van der Waals surface area contributed by atoms with Crippen LogP contribution in [0.3, 0.4) is 0 Å². The standard InChI is InChI=1S/C16H19F2NO4/c17-11-6-7-14(12(18)10-11)23-9-3-5-15(20)19-8-2-1-4-13(19)16(21)22/h6-7,10,13H,1-5,8-9H2,(H,21,22). The SMILES string of the molecule is O=C(O)C1CCCCN1C(=O)CCCOc1ccc(F)cc1F. The minimum atomic E-state index is -0.984. The molecule has 1 aromatic rings. The Morgan fingerprint density at radius 1 is 1.30 bits per heavy atom. The topological polar surface area (TPSA) is 66.8 Å². The molecule has 0 bridgehead atoms. The first-order chi connectivity index (χ1) is 11.0. The number of piperidine rings is 1. The predicted octanol–water partition coefficient (Wildman–Crippen LogP) is 2.59. The lowest BCUT2D eigenvalue weighted by Gasteiger charge is -2.33. The number of likely N-dealkylation sites (tertiary alicyclic amines) is 1. The average Bonchev–Trinajstić information content (AvgIpc) is 2.53. The molecule has 2 rings (SSSR count). The van der Waals surface area contributed by atoms with Gasteiger partial charge in [0.15, 0.2) is 11.6 Å². The zero-order valence-electron chi connectivity index (χ0n) is 12.6. The van der Waals surface area contributed by atoms with Crippen LogP contribution in [0.5, 0.6) is 5.75 Å². The highest BCUT2D eigenvalue weighted by Crippen LogP contribution is 2.20. The molecule has 23 heavy (non-hydrogen) atoms. The van der Waals surface area contributed by atoms with Crippen molar-refractivity contribution in [3.05, 3.63) is 29.8 Å². The first kappa shape index (κ1) is 17.2. The van der Waals surface area contributed by atoms with Crippen molar-refractivity contribution in [1.29, 1.82) is 0 Å². The number of ether oxygens (including phenoxy) is 1. The van der Waals surface area contributed by atoms with Gasteiger partial charge < -0.3 is 14.7 Å². The third-order valence-electron chi connectivity index (χ3n) is 3.79. The van der Waals surface area contributed by atoms with E-state index in [0.717, 1.165) is 25.0 Å². The van der Waals surface area contributed by atoms with Gasteiger partial charge in [-0.05, 0) is 37.8 Å². The molecule has 0 radical (unpaired) electrons. The molecule has 0 aromatic heterocycles. The molecule has 0 aliphatic carbocycles. The Morgan fingerprint density at radius 3 is 2.78 bits per heavy atom. The van der Waals surface area contributed by atoms with Gasteiger partial charge in [-0.15, -0.1) is 0 Å². The van der Waals surface area contributed by atoms with E-state index in [4.69, 9.17) is 9.84 Å². The second-order valence-corrected chi connectivity index (χ2v) is 5.46. The van der Waals surface area contributed by atoms with Crippen LogP contribution in [0.2, 0.25) is 0 Å². The second kappa shape index (κ2) is 7.89. The summed E-state index contributed by atoms with van der Waals surface area (Å²) in [6.07, 6.45) is 2.53. The van der Waals surface area contributed by atoms with Gasteiger partial charge in [0.05, 0.1) is 6.61 Å². The third-order valence-corrected chi connectivity index (χ3v) is 3.79. The number of carbonyl (C=O) groups excluding carboxylic acids is 1. The molecular formula is C16H19F2NO4. The Balaban J connectivity index is 1.79. The number of aliphatic carboxylic acids is 1. The quantitative estimate of drug-likeness (QED) is 0.816. The van der Waals surface area contributed by atoms with E-state index in [1.807, 2.05) is 0 Å². The molecule has 1 atom stereocenters. The van der Waals surface area contributed by atoms with E-state index in [9.17, 15) is 18.4 Å².